The molecule has 0 radical (unpaired) electrons. The molecule has 0 aliphatic rings. The van der Waals surface area contributed by atoms with E-state index < -0.39 is 17.1 Å². The van der Waals surface area contributed by atoms with Crippen molar-refractivity contribution in [1.82, 2.24) is 9.27 Å². The molecule has 0 bridgehead atoms. The van der Waals surface area contributed by atoms with E-state index in [1.807, 2.05) is 32.9 Å². The van der Waals surface area contributed by atoms with Crippen LogP contribution in [0.15, 0.2) is 47.5 Å². The van der Waals surface area contributed by atoms with E-state index in [1.54, 1.807) is 39.3 Å². The Morgan fingerprint density at radius 3 is 2.11 bits per heavy atom. The monoisotopic (exact) mass is 574 g/mol. The summed E-state index contributed by atoms with van der Waals surface area (Å²) < 4.78 is 45.5. The number of ether oxygens (including phenoxy) is 1. The molecular weight excluding hydrogens is 545 g/mol. The van der Waals surface area contributed by atoms with Crippen LogP contribution in [0.25, 0.3) is 21.2 Å². The van der Waals surface area contributed by atoms with Gasteiger partial charge in [0.25, 0.3) is 5.24 Å². The SMILES string of the molecule is CC(C)(C)CC(C)(Sc1ccc2cnsc2c1-c1ccc(OC(F)(F)F)cc1)C(=O)O.CN(C)C(=O)S. The Hall–Kier alpha value is -2.44. The predicted octanol–water partition coefficient (Wildman–Crippen LogP) is 7.83. The molecule has 0 aliphatic heterocycles. The van der Waals surface area contributed by atoms with Crippen LogP contribution in [0.3, 0.4) is 0 Å². The number of fused-ring (bicyclic) bond motifs is 1. The van der Waals surface area contributed by atoms with Gasteiger partial charge in [-0.15, -0.1) is 24.9 Å². The van der Waals surface area contributed by atoms with Gasteiger partial charge in [0.2, 0.25) is 0 Å². The van der Waals surface area contributed by atoms with Crippen LogP contribution in [-0.2, 0) is 4.79 Å². The minimum Gasteiger partial charge on any atom is -0.480 e. The molecule has 0 fully saturated rings. The number of benzene rings is 2. The predicted molar refractivity (Wildman–Crippen MR) is 146 cm³/mol. The first-order chi connectivity index (χ1) is 16.9. The molecule has 0 spiro atoms. The quantitative estimate of drug-likeness (QED) is 0.231. The lowest BCUT2D eigenvalue weighted by Gasteiger charge is -2.32. The third-order valence-corrected chi connectivity index (χ3v) is 7.46. The number of thiol groups is 1. The maximum atomic E-state index is 12.5. The zero-order valence-electron chi connectivity index (χ0n) is 21.2. The van der Waals surface area contributed by atoms with Crippen LogP contribution in [0.1, 0.15) is 34.1 Å². The zero-order chi connectivity index (χ0) is 28.2. The average Bonchev–Trinajstić information content (AvgIpc) is 3.21. The van der Waals surface area contributed by atoms with E-state index in [4.69, 9.17) is 0 Å². The summed E-state index contributed by atoms with van der Waals surface area (Å²) >= 11 is 5.99. The fourth-order valence-corrected chi connectivity index (χ4v) is 5.93. The Bertz CT molecular complexity index is 1240. The molecule has 0 saturated carbocycles. The van der Waals surface area contributed by atoms with Crippen molar-refractivity contribution in [2.75, 3.05) is 14.1 Å². The van der Waals surface area contributed by atoms with Crippen molar-refractivity contribution in [2.24, 2.45) is 5.41 Å². The van der Waals surface area contributed by atoms with Crippen molar-refractivity contribution >= 4 is 57.2 Å². The Balaban J connectivity index is 0.000000717. The van der Waals surface area contributed by atoms with Crippen molar-refractivity contribution in [2.45, 2.75) is 50.1 Å². The van der Waals surface area contributed by atoms with E-state index in [0.717, 1.165) is 20.5 Å². The highest BCUT2D eigenvalue weighted by Gasteiger charge is 2.39. The number of carbonyl (C=O) groups excluding carboxylic acids is 1. The van der Waals surface area contributed by atoms with Gasteiger partial charge in [-0.3, -0.25) is 9.59 Å². The topological polar surface area (TPSA) is 79.7 Å². The molecule has 1 atom stereocenters. The largest absolute Gasteiger partial charge is 0.573 e. The van der Waals surface area contributed by atoms with Crippen LogP contribution in [0.5, 0.6) is 5.75 Å². The van der Waals surface area contributed by atoms with E-state index in [2.05, 4.69) is 21.7 Å². The van der Waals surface area contributed by atoms with Gasteiger partial charge >= 0.3 is 12.3 Å². The minimum atomic E-state index is -4.77. The molecule has 1 aromatic heterocycles. The van der Waals surface area contributed by atoms with E-state index in [-0.39, 0.29) is 16.4 Å². The van der Waals surface area contributed by atoms with Crippen LogP contribution in [0, 0.1) is 5.41 Å². The number of rotatable bonds is 6. The number of nitrogens with zero attached hydrogens (tertiary/aromatic N) is 2. The van der Waals surface area contributed by atoms with Gasteiger partial charge in [-0.25, -0.2) is 0 Å². The van der Waals surface area contributed by atoms with Crippen molar-refractivity contribution in [1.29, 1.82) is 0 Å². The molecule has 12 heteroatoms. The highest BCUT2D eigenvalue weighted by Crippen LogP contribution is 2.47. The second-order valence-electron chi connectivity index (χ2n) is 9.81. The normalized spacial score (nSPS) is 13.4. The summed E-state index contributed by atoms with van der Waals surface area (Å²) in [5.74, 6) is -1.23. The first-order valence-electron chi connectivity index (χ1n) is 11.0. The van der Waals surface area contributed by atoms with Gasteiger partial charge in [-0.2, -0.15) is 4.37 Å². The summed E-state index contributed by atoms with van der Waals surface area (Å²) in [6.07, 6.45) is -2.63. The molecule has 3 rings (SSSR count). The fraction of sp³-hybridized carbons (Fsp3) is 0.400. The molecular formula is C25H29F3N2O4S3. The maximum Gasteiger partial charge on any atom is 0.573 e. The highest BCUT2D eigenvalue weighted by atomic mass is 32.2. The molecule has 1 unspecified atom stereocenters. The van der Waals surface area contributed by atoms with E-state index >= 15 is 0 Å². The molecule has 2 aromatic carbocycles. The zero-order valence-corrected chi connectivity index (χ0v) is 23.7. The molecule has 3 aromatic rings. The van der Waals surface area contributed by atoms with Crippen molar-refractivity contribution < 1.29 is 32.6 Å². The van der Waals surface area contributed by atoms with Crippen molar-refractivity contribution in [3.05, 3.63) is 42.6 Å². The molecule has 37 heavy (non-hydrogen) atoms. The van der Waals surface area contributed by atoms with Crippen molar-refractivity contribution in [3.63, 3.8) is 0 Å². The summed E-state index contributed by atoms with van der Waals surface area (Å²) in [4.78, 5) is 24.2. The van der Waals surface area contributed by atoms with Crippen LogP contribution in [0.2, 0.25) is 0 Å². The van der Waals surface area contributed by atoms with Crippen LogP contribution in [0.4, 0.5) is 18.0 Å². The number of alkyl halides is 3. The lowest BCUT2D eigenvalue weighted by molar-refractivity contribution is -0.274. The Morgan fingerprint density at radius 2 is 1.65 bits per heavy atom. The highest BCUT2D eigenvalue weighted by molar-refractivity contribution is 8.01. The second-order valence-corrected chi connectivity index (χ2v) is 12.5. The number of hydrogen-bond donors (Lipinski definition) is 2. The summed E-state index contributed by atoms with van der Waals surface area (Å²) in [7, 11) is 3.30. The second kappa shape index (κ2) is 12.0. The molecule has 1 heterocycles. The maximum absolute atomic E-state index is 12.5. The number of halogens is 3. The van der Waals surface area contributed by atoms with Gasteiger partial charge in [0.05, 0.1) is 4.70 Å². The number of carboxylic acids is 1. The van der Waals surface area contributed by atoms with Gasteiger partial charge < -0.3 is 14.7 Å². The third-order valence-electron chi connectivity index (χ3n) is 4.90. The summed E-state index contributed by atoms with van der Waals surface area (Å²) in [6, 6.07) is 9.32. The smallest absolute Gasteiger partial charge is 0.480 e. The standard InChI is InChI=1S/C22H22F3NO3S2.C3H7NOS/c1-20(2,3)12-21(4,19(27)28)30-16-10-7-14-11-26-31-18(14)17(16)13-5-8-15(9-6-13)29-22(23,24)25;1-4(2)3(5)6/h5-11H,12H2,1-4H3,(H,27,28);1-2H3,(H,5,6). The van der Waals surface area contributed by atoms with Gasteiger partial charge in [-0.1, -0.05) is 51.6 Å². The fourth-order valence-electron chi connectivity index (χ4n) is 3.51. The molecule has 6 nitrogen and oxygen atoms in total. The third kappa shape index (κ3) is 9.11. The van der Waals surface area contributed by atoms with Gasteiger partial charge in [0.15, 0.2) is 0 Å². The summed E-state index contributed by atoms with van der Waals surface area (Å²) in [6.45, 7) is 7.66. The molecule has 0 saturated heterocycles. The molecule has 1 N–H and O–H groups in total. The van der Waals surface area contributed by atoms with Crippen LogP contribution in [-0.4, -0.2) is 50.8 Å². The van der Waals surface area contributed by atoms with Crippen LogP contribution >= 0.6 is 35.9 Å². The lowest BCUT2D eigenvalue weighted by atomic mass is 9.85. The number of aliphatic carboxylic acids is 1. The lowest BCUT2D eigenvalue weighted by Crippen LogP contribution is -2.35. The number of amides is 1. The van der Waals surface area contributed by atoms with Gasteiger partial charge in [0.1, 0.15) is 10.5 Å². The molecule has 1 amide bonds. The first-order valence-corrected chi connectivity index (χ1v) is 13.0. The average molecular weight is 575 g/mol. The molecule has 202 valence electrons. The number of aromatic nitrogens is 1. The van der Waals surface area contributed by atoms with Crippen molar-refractivity contribution in [3.8, 4) is 16.9 Å². The number of thioether (sulfide) groups is 1. The Morgan fingerprint density at radius 1 is 1.08 bits per heavy atom. The summed E-state index contributed by atoms with van der Waals surface area (Å²) in [5.41, 5.74) is 1.20. The number of hydrogen-bond acceptors (Lipinski definition) is 6. The van der Waals surface area contributed by atoms with Gasteiger partial charge in [-0.05, 0) is 54.1 Å². The molecule has 0 aliphatic carbocycles. The minimum absolute atomic E-state index is 0.213. The van der Waals surface area contributed by atoms with E-state index in [0.29, 0.717) is 12.0 Å². The van der Waals surface area contributed by atoms with Crippen LogP contribution < -0.4 is 4.74 Å². The Labute approximate surface area is 227 Å². The first kappa shape index (κ1) is 30.8. The van der Waals surface area contributed by atoms with E-state index in [1.165, 1.54) is 40.3 Å². The van der Waals surface area contributed by atoms with E-state index in [9.17, 15) is 27.9 Å². The number of carboxylic acid groups (broad SMARTS) is 1. The van der Waals surface area contributed by atoms with Gasteiger partial charge in [0, 0.05) is 36.1 Å². The summed E-state index contributed by atoms with van der Waals surface area (Å²) in [5, 5.41) is 10.7. The Kier molecular flexibility index (Phi) is 9.94. The number of carbonyl (C=O) groups is 2.